The summed E-state index contributed by atoms with van der Waals surface area (Å²) < 4.78 is 2.05. The van der Waals surface area contributed by atoms with Crippen LogP contribution in [0.2, 0.25) is 5.02 Å². The molecule has 0 radical (unpaired) electrons. The molecular formula is C14H26ClN5. The SMILES string of the molecule is CCCn1ncc(Cl)c1C(NC)C1CN(C)CCN1C. The standard InChI is InChI=1S/C14H26ClN5/c1-5-6-20-14(11(15)9-17-20)13(16-2)12-10-18(3)7-8-19(12)4/h9,12-13,16H,5-8,10H2,1-4H3. The Bertz CT molecular complexity index is 433. The summed E-state index contributed by atoms with van der Waals surface area (Å²) in [7, 11) is 6.38. The molecule has 0 bridgehead atoms. The Kier molecular flexibility index (Phi) is 5.43. The highest BCUT2D eigenvalue weighted by Crippen LogP contribution is 2.28. The minimum Gasteiger partial charge on any atom is -0.310 e. The monoisotopic (exact) mass is 299 g/mol. The first-order valence-corrected chi connectivity index (χ1v) is 7.73. The van der Waals surface area contributed by atoms with Crippen molar-refractivity contribution in [1.82, 2.24) is 24.9 Å². The molecule has 1 aromatic rings. The third-order valence-electron chi connectivity index (χ3n) is 4.16. The lowest BCUT2D eigenvalue weighted by molar-refractivity contribution is 0.0873. The molecule has 0 aromatic carbocycles. The van der Waals surface area contributed by atoms with Crippen molar-refractivity contribution in [3.8, 4) is 0 Å². The van der Waals surface area contributed by atoms with Crippen LogP contribution in [0.15, 0.2) is 6.20 Å². The highest BCUT2D eigenvalue weighted by atomic mass is 35.5. The predicted octanol–water partition coefficient (Wildman–Crippen LogP) is 1.45. The fraction of sp³-hybridized carbons (Fsp3) is 0.786. The first-order valence-electron chi connectivity index (χ1n) is 7.35. The summed E-state index contributed by atoms with van der Waals surface area (Å²) in [6, 6.07) is 0.604. The average molecular weight is 300 g/mol. The maximum atomic E-state index is 6.40. The minimum atomic E-state index is 0.198. The van der Waals surface area contributed by atoms with E-state index in [2.05, 4.69) is 41.2 Å². The topological polar surface area (TPSA) is 36.3 Å². The molecule has 0 saturated carbocycles. The molecule has 1 N–H and O–H groups in total. The van der Waals surface area contributed by atoms with E-state index in [-0.39, 0.29) is 6.04 Å². The quantitative estimate of drug-likeness (QED) is 0.893. The van der Waals surface area contributed by atoms with Gasteiger partial charge >= 0.3 is 0 Å². The molecule has 1 fully saturated rings. The molecule has 6 heteroatoms. The number of rotatable bonds is 5. The van der Waals surface area contributed by atoms with Gasteiger partial charge in [0.15, 0.2) is 0 Å². The van der Waals surface area contributed by atoms with Crippen LogP contribution in [-0.2, 0) is 6.54 Å². The molecule has 0 aliphatic carbocycles. The second kappa shape index (κ2) is 6.89. The van der Waals surface area contributed by atoms with Crippen LogP contribution in [0.1, 0.15) is 25.1 Å². The molecule has 0 spiro atoms. The van der Waals surface area contributed by atoms with Crippen molar-refractivity contribution in [2.75, 3.05) is 40.8 Å². The van der Waals surface area contributed by atoms with Crippen LogP contribution in [-0.4, -0.2) is 66.4 Å². The van der Waals surface area contributed by atoms with Crippen LogP contribution in [0.3, 0.4) is 0 Å². The fourth-order valence-corrected chi connectivity index (χ4v) is 3.25. The number of nitrogens with zero attached hydrogens (tertiary/aromatic N) is 4. The van der Waals surface area contributed by atoms with E-state index in [4.69, 9.17) is 11.6 Å². The zero-order valence-corrected chi connectivity index (χ0v) is 13.7. The van der Waals surface area contributed by atoms with Crippen LogP contribution in [0.25, 0.3) is 0 Å². The van der Waals surface area contributed by atoms with Crippen LogP contribution in [0, 0.1) is 0 Å². The summed E-state index contributed by atoms with van der Waals surface area (Å²) in [5.41, 5.74) is 1.11. The molecule has 5 nitrogen and oxygen atoms in total. The van der Waals surface area contributed by atoms with Gasteiger partial charge in [0.2, 0.25) is 0 Å². The van der Waals surface area contributed by atoms with Gasteiger partial charge in [-0.2, -0.15) is 5.10 Å². The molecule has 2 atom stereocenters. The van der Waals surface area contributed by atoms with Crippen molar-refractivity contribution < 1.29 is 0 Å². The Morgan fingerprint density at radius 2 is 2.20 bits per heavy atom. The zero-order chi connectivity index (χ0) is 14.7. The molecule has 2 unspecified atom stereocenters. The second-order valence-electron chi connectivity index (χ2n) is 5.68. The first-order chi connectivity index (χ1) is 9.58. The van der Waals surface area contributed by atoms with Crippen molar-refractivity contribution in [2.24, 2.45) is 0 Å². The van der Waals surface area contributed by atoms with Crippen molar-refractivity contribution in [1.29, 1.82) is 0 Å². The summed E-state index contributed by atoms with van der Waals surface area (Å²) in [6.07, 6.45) is 2.82. The van der Waals surface area contributed by atoms with Gasteiger partial charge in [0.1, 0.15) is 0 Å². The number of hydrogen-bond donors (Lipinski definition) is 1. The number of likely N-dealkylation sites (N-methyl/N-ethyl adjacent to an activating group) is 3. The predicted molar refractivity (Wildman–Crippen MR) is 83.2 cm³/mol. The van der Waals surface area contributed by atoms with Gasteiger partial charge in [-0.05, 0) is 27.6 Å². The maximum Gasteiger partial charge on any atom is 0.0834 e. The zero-order valence-electron chi connectivity index (χ0n) is 12.9. The number of aromatic nitrogens is 2. The highest BCUT2D eigenvalue weighted by molar-refractivity contribution is 6.31. The van der Waals surface area contributed by atoms with E-state index in [1.165, 1.54) is 0 Å². The first kappa shape index (κ1) is 15.8. The van der Waals surface area contributed by atoms with Gasteiger partial charge in [0.25, 0.3) is 0 Å². The molecular weight excluding hydrogens is 274 g/mol. The third-order valence-corrected chi connectivity index (χ3v) is 4.45. The van der Waals surface area contributed by atoms with Crippen molar-refractivity contribution in [3.63, 3.8) is 0 Å². The molecule has 20 heavy (non-hydrogen) atoms. The van der Waals surface area contributed by atoms with E-state index in [1.54, 1.807) is 6.20 Å². The Morgan fingerprint density at radius 3 is 2.85 bits per heavy atom. The number of piperazine rings is 1. The Morgan fingerprint density at radius 1 is 1.45 bits per heavy atom. The van der Waals surface area contributed by atoms with Gasteiger partial charge in [0, 0.05) is 32.2 Å². The second-order valence-corrected chi connectivity index (χ2v) is 6.08. The fourth-order valence-electron chi connectivity index (χ4n) is 2.99. The lowest BCUT2D eigenvalue weighted by Crippen LogP contribution is -2.55. The molecule has 1 saturated heterocycles. The number of halogens is 1. The van der Waals surface area contributed by atoms with Gasteiger partial charge in [-0.1, -0.05) is 18.5 Å². The molecule has 1 aliphatic heterocycles. The number of aryl methyl sites for hydroxylation is 1. The van der Waals surface area contributed by atoms with Crippen LogP contribution in [0.4, 0.5) is 0 Å². The van der Waals surface area contributed by atoms with Gasteiger partial charge in [-0.15, -0.1) is 0 Å². The lowest BCUT2D eigenvalue weighted by atomic mass is 10.0. The maximum absolute atomic E-state index is 6.40. The molecule has 2 heterocycles. The summed E-state index contributed by atoms with van der Waals surface area (Å²) >= 11 is 6.40. The number of nitrogens with one attached hydrogen (secondary N) is 1. The van der Waals surface area contributed by atoms with Crippen LogP contribution < -0.4 is 5.32 Å². The number of hydrogen-bond acceptors (Lipinski definition) is 4. The molecule has 114 valence electrons. The molecule has 2 rings (SSSR count). The van der Waals surface area contributed by atoms with Gasteiger partial charge in [0.05, 0.1) is 23.0 Å². The van der Waals surface area contributed by atoms with Crippen LogP contribution >= 0.6 is 11.6 Å². The Balaban J connectivity index is 2.29. The summed E-state index contributed by atoms with van der Waals surface area (Å²) in [5.74, 6) is 0. The average Bonchev–Trinajstić information content (AvgIpc) is 2.77. The molecule has 0 amide bonds. The third kappa shape index (κ3) is 3.17. The molecule has 1 aliphatic rings. The van der Waals surface area contributed by atoms with Crippen LogP contribution in [0.5, 0.6) is 0 Å². The van der Waals surface area contributed by atoms with Gasteiger partial charge in [-0.25, -0.2) is 0 Å². The van der Waals surface area contributed by atoms with E-state index in [0.717, 1.165) is 43.3 Å². The van der Waals surface area contributed by atoms with Crippen molar-refractivity contribution in [3.05, 3.63) is 16.9 Å². The van der Waals surface area contributed by atoms with E-state index in [0.29, 0.717) is 6.04 Å². The van der Waals surface area contributed by atoms with E-state index in [9.17, 15) is 0 Å². The highest BCUT2D eigenvalue weighted by Gasteiger charge is 2.33. The van der Waals surface area contributed by atoms with Gasteiger partial charge in [-0.3, -0.25) is 9.58 Å². The lowest BCUT2D eigenvalue weighted by Gasteiger charge is -2.42. The summed E-state index contributed by atoms with van der Waals surface area (Å²) in [5, 5.41) is 8.64. The largest absolute Gasteiger partial charge is 0.310 e. The van der Waals surface area contributed by atoms with E-state index in [1.807, 2.05) is 11.7 Å². The van der Waals surface area contributed by atoms with Gasteiger partial charge < -0.3 is 10.2 Å². The minimum absolute atomic E-state index is 0.198. The normalized spacial score (nSPS) is 23.1. The summed E-state index contributed by atoms with van der Waals surface area (Å²) in [6.45, 7) is 6.31. The Labute approximate surface area is 126 Å². The Hall–Kier alpha value is -0.620. The van der Waals surface area contributed by atoms with Crippen molar-refractivity contribution in [2.45, 2.75) is 32.0 Å². The van der Waals surface area contributed by atoms with E-state index < -0.39 is 0 Å². The summed E-state index contributed by atoms with van der Waals surface area (Å²) in [4.78, 5) is 4.80. The van der Waals surface area contributed by atoms with Crippen molar-refractivity contribution >= 4 is 11.6 Å². The van der Waals surface area contributed by atoms with E-state index >= 15 is 0 Å². The molecule has 1 aromatic heterocycles. The smallest absolute Gasteiger partial charge is 0.0834 e.